The summed E-state index contributed by atoms with van der Waals surface area (Å²) < 4.78 is 0. The highest BCUT2D eigenvalue weighted by molar-refractivity contribution is 5.75. The lowest BCUT2D eigenvalue weighted by Gasteiger charge is -2.33. The van der Waals surface area contributed by atoms with Crippen molar-refractivity contribution >= 4 is 17.0 Å². The lowest BCUT2D eigenvalue weighted by Crippen LogP contribution is -2.41. The molecule has 0 spiro atoms. The van der Waals surface area contributed by atoms with Gasteiger partial charge in [-0.25, -0.2) is 4.79 Å². The van der Waals surface area contributed by atoms with E-state index in [1.54, 1.807) is 0 Å². The van der Waals surface area contributed by atoms with Crippen molar-refractivity contribution in [2.45, 2.75) is 50.7 Å². The average molecular weight is 315 g/mol. The summed E-state index contributed by atoms with van der Waals surface area (Å²) >= 11 is 0. The first-order chi connectivity index (χ1) is 11.1. The minimum Gasteiger partial charge on any atom is -0.480 e. The molecule has 1 aliphatic heterocycles. The summed E-state index contributed by atoms with van der Waals surface area (Å²) in [6, 6.07) is 5.80. The Morgan fingerprint density at radius 1 is 1.22 bits per heavy atom. The molecule has 2 aliphatic rings. The van der Waals surface area contributed by atoms with E-state index in [4.69, 9.17) is 0 Å². The number of aromatic amines is 2. The molecule has 6 nitrogen and oxygen atoms in total. The zero-order chi connectivity index (χ0) is 16.0. The first-order valence-electron chi connectivity index (χ1n) is 8.31. The van der Waals surface area contributed by atoms with Crippen LogP contribution in [-0.2, 0) is 11.3 Å². The Kier molecular flexibility index (Phi) is 3.49. The maximum absolute atomic E-state index is 11.7. The lowest BCUT2D eigenvalue weighted by molar-refractivity contribution is -0.142. The maximum Gasteiger partial charge on any atom is 0.323 e. The van der Waals surface area contributed by atoms with Gasteiger partial charge in [-0.15, -0.1) is 0 Å². The molecule has 1 saturated carbocycles. The Morgan fingerprint density at radius 3 is 2.83 bits per heavy atom. The van der Waals surface area contributed by atoms with E-state index >= 15 is 0 Å². The van der Waals surface area contributed by atoms with Crippen molar-refractivity contribution in [3.63, 3.8) is 0 Å². The van der Waals surface area contributed by atoms with E-state index in [2.05, 4.69) is 14.9 Å². The zero-order valence-electron chi connectivity index (χ0n) is 12.9. The number of nitrogens with one attached hydrogen (secondary N) is 2. The van der Waals surface area contributed by atoms with Gasteiger partial charge in [-0.3, -0.25) is 9.69 Å². The highest BCUT2D eigenvalue weighted by Gasteiger charge is 2.44. The van der Waals surface area contributed by atoms with Gasteiger partial charge in [0.1, 0.15) is 6.04 Å². The van der Waals surface area contributed by atoms with Crippen molar-refractivity contribution in [3.8, 4) is 0 Å². The second kappa shape index (κ2) is 5.53. The molecule has 3 N–H and O–H groups in total. The Bertz CT molecular complexity index is 794. The van der Waals surface area contributed by atoms with Crippen LogP contribution < -0.4 is 5.69 Å². The predicted octanol–water partition coefficient (Wildman–Crippen LogP) is 2.07. The molecule has 2 aromatic rings. The van der Waals surface area contributed by atoms with Gasteiger partial charge >= 0.3 is 11.7 Å². The molecular formula is C17H21N3O3. The van der Waals surface area contributed by atoms with Gasteiger partial charge in [0, 0.05) is 12.6 Å². The second-order valence-corrected chi connectivity index (χ2v) is 6.83. The van der Waals surface area contributed by atoms with Crippen LogP contribution in [0.2, 0.25) is 0 Å². The summed E-state index contributed by atoms with van der Waals surface area (Å²) in [7, 11) is 0. The molecule has 3 atom stereocenters. The van der Waals surface area contributed by atoms with Crippen LogP contribution >= 0.6 is 0 Å². The topological polar surface area (TPSA) is 89.2 Å². The number of rotatable bonds is 3. The molecule has 122 valence electrons. The molecule has 0 radical (unpaired) electrons. The number of carboxylic acid groups (broad SMARTS) is 1. The standard InChI is InChI=1S/C17H21N3O3/c21-16(22)15-8-11-3-1-2-4-14(11)20(15)9-10-5-6-12-13(7-10)19-17(23)18-12/h5-7,11,14-15H,1-4,8-9H2,(H,21,22)(H2,18,19,23)/t11-,14-,15-/m0/s1. The summed E-state index contributed by atoms with van der Waals surface area (Å²) in [6.07, 6.45) is 5.42. The molecular weight excluding hydrogens is 294 g/mol. The van der Waals surface area contributed by atoms with Gasteiger partial charge in [-0.2, -0.15) is 0 Å². The molecule has 0 bridgehead atoms. The number of fused-ring (bicyclic) bond motifs is 2. The normalized spacial score (nSPS) is 28.1. The van der Waals surface area contributed by atoms with Crippen LogP contribution in [0.1, 0.15) is 37.7 Å². The summed E-state index contributed by atoms with van der Waals surface area (Å²) in [5, 5.41) is 9.59. The number of H-pyrrole nitrogens is 2. The fourth-order valence-electron chi connectivity index (χ4n) is 4.41. The molecule has 1 aromatic heterocycles. The Hall–Kier alpha value is -2.08. The van der Waals surface area contributed by atoms with Gasteiger partial charge in [0.15, 0.2) is 0 Å². The van der Waals surface area contributed by atoms with Crippen LogP contribution in [0.5, 0.6) is 0 Å². The number of carboxylic acids is 1. The lowest BCUT2D eigenvalue weighted by atomic mass is 9.84. The van der Waals surface area contributed by atoms with Gasteiger partial charge in [0.05, 0.1) is 11.0 Å². The number of imidazole rings is 1. The fraction of sp³-hybridized carbons (Fsp3) is 0.529. The molecule has 0 unspecified atom stereocenters. The zero-order valence-corrected chi connectivity index (χ0v) is 12.9. The van der Waals surface area contributed by atoms with Crippen LogP contribution in [0.15, 0.2) is 23.0 Å². The molecule has 1 aromatic carbocycles. The molecule has 1 aliphatic carbocycles. The van der Waals surface area contributed by atoms with Gasteiger partial charge in [0.25, 0.3) is 0 Å². The maximum atomic E-state index is 11.7. The summed E-state index contributed by atoms with van der Waals surface area (Å²) in [5.74, 6) is -0.198. The van der Waals surface area contributed by atoms with E-state index in [9.17, 15) is 14.7 Å². The van der Waals surface area contributed by atoms with E-state index in [1.807, 2.05) is 18.2 Å². The van der Waals surface area contributed by atoms with E-state index in [1.165, 1.54) is 12.8 Å². The first kappa shape index (κ1) is 14.5. The SMILES string of the molecule is O=C(O)[C@@H]1C[C@@H]2CCCC[C@@H]2N1Cc1ccc2[nH]c(=O)[nH]c2c1. The summed E-state index contributed by atoms with van der Waals surface area (Å²) in [4.78, 5) is 30.7. The Balaban J connectivity index is 1.63. The van der Waals surface area contributed by atoms with E-state index in [-0.39, 0.29) is 11.7 Å². The third kappa shape index (κ3) is 2.57. The van der Waals surface area contributed by atoms with E-state index < -0.39 is 5.97 Å². The van der Waals surface area contributed by atoms with Crippen molar-refractivity contribution in [1.82, 2.24) is 14.9 Å². The third-order valence-corrected chi connectivity index (χ3v) is 5.45. The van der Waals surface area contributed by atoms with Gasteiger partial charge < -0.3 is 15.1 Å². The molecule has 2 fully saturated rings. The highest BCUT2D eigenvalue weighted by Crippen LogP contribution is 2.40. The number of nitrogens with zero attached hydrogens (tertiary/aromatic N) is 1. The number of aliphatic carboxylic acids is 1. The number of aromatic nitrogens is 2. The van der Waals surface area contributed by atoms with Crippen molar-refractivity contribution in [2.24, 2.45) is 5.92 Å². The van der Waals surface area contributed by atoms with Gasteiger partial charge in [-0.1, -0.05) is 18.9 Å². The predicted molar refractivity (Wildman–Crippen MR) is 86.2 cm³/mol. The monoisotopic (exact) mass is 315 g/mol. The van der Waals surface area contributed by atoms with Crippen LogP contribution in [0.25, 0.3) is 11.0 Å². The van der Waals surface area contributed by atoms with Crippen molar-refractivity contribution in [3.05, 3.63) is 34.2 Å². The van der Waals surface area contributed by atoms with Gasteiger partial charge in [-0.05, 0) is 42.9 Å². The van der Waals surface area contributed by atoms with Crippen molar-refractivity contribution in [2.75, 3.05) is 0 Å². The number of hydrogen-bond donors (Lipinski definition) is 3. The largest absolute Gasteiger partial charge is 0.480 e. The van der Waals surface area contributed by atoms with Crippen molar-refractivity contribution in [1.29, 1.82) is 0 Å². The van der Waals surface area contributed by atoms with E-state index in [0.717, 1.165) is 35.9 Å². The highest BCUT2D eigenvalue weighted by atomic mass is 16.4. The third-order valence-electron chi connectivity index (χ3n) is 5.45. The van der Waals surface area contributed by atoms with Crippen LogP contribution in [-0.4, -0.2) is 38.0 Å². The fourth-order valence-corrected chi connectivity index (χ4v) is 4.41. The minimum absolute atomic E-state index is 0.214. The molecule has 0 amide bonds. The number of benzene rings is 1. The number of carbonyl (C=O) groups is 1. The van der Waals surface area contributed by atoms with Crippen molar-refractivity contribution < 1.29 is 9.90 Å². The smallest absolute Gasteiger partial charge is 0.323 e. The average Bonchev–Trinajstić information content (AvgIpc) is 3.07. The number of hydrogen-bond acceptors (Lipinski definition) is 3. The molecule has 23 heavy (non-hydrogen) atoms. The Labute approximate surface area is 133 Å². The Morgan fingerprint density at radius 2 is 2.00 bits per heavy atom. The first-order valence-corrected chi connectivity index (χ1v) is 8.31. The van der Waals surface area contributed by atoms with Gasteiger partial charge in [0.2, 0.25) is 0 Å². The molecule has 4 rings (SSSR count). The van der Waals surface area contributed by atoms with Crippen LogP contribution in [0.3, 0.4) is 0 Å². The van der Waals surface area contributed by atoms with Crippen LogP contribution in [0, 0.1) is 5.92 Å². The second-order valence-electron chi connectivity index (χ2n) is 6.83. The summed E-state index contributed by atoms with van der Waals surface area (Å²) in [5.41, 5.74) is 2.39. The van der Waals surface area contributed by atoms with E-state index in [0.29, 0.717) is 18.5 Å². The minimum atomic E-state index is -0.712. The molecule has 1 saturated heterocycles. The van der Waals surface area contributed by atoms with Crippen LogP contribution in [0.4, 0.5) is 0 Å². The molecule has 6 heteroatoms. The molecule has 2 heterocycles. The summed E-state index contributed by atoms with van der Waals surface area (Å²) in [6.45, 7) is 0.626. The number of likely N-dealkylation sites (tertiary alicyclic amines) is 1. The quantitative estimate of drug-likeness (QED) is 0.809.